The van der Waals surface area contributed by atoms with E-state index in [9.17, 15) is 9.59 Å². The molecule has 7 heteroatoms. The Kier molecular flexibility index (Phi) is 7.78. The molecule has 2 saturated heterocycles. The van der Waals surface area contributed by atoms with E-state index in [4.69, 9.17) is 10.5 Å². The topological polar surface area (TPSA) is 87.9 Å². The minimum absolute atomic E-state index is 0.0121. The number of primary amides is 1. The molecule has 2 aliphatic rings. The fourth-order valence-corrected chi connectivity index (χ4v) is 3.50. The molecule has 0 unspecified atom stereocenters. The van der Waals surface area contributed by atoms with Crippen molar-refractivity contribution >= 4 is 11.9 Å². The Labute approximate surface area is 144 Å². The highest BCUT2D eigenvalue weighted by Crippen LogP contribution is 2.16. The summed E-state index contributed by atoms with van der Waals surface area (Å²) in [5.74, 6) is 0.259. The van der Waals surface area contributed by atoms with E-state index in [1.54, 1.807) is 0 Å². The number of carbonyl (C=O) groups excluding carboxylic acids is 2. The number of piperidine rings is 1. The van der Waals surface area contributed by atoms with Crippen molar-refractivity contribution < 1.29 is 14.3 Å². The molecule has 2 fully saturated rings. The maximum Gasteiger partial charge on any atom is 0.317 e. The van der Waals surface area contributed by atoms with Crippen molar-refractivity contribution in [3.63, 3.8) is 0 Å². The quantitative estimate of drug-likeness (QED) is 0.635. The van der Waals surface area contributed by atoms with Crippen LogP contribution in [0.5, 0.6) is 0 Å². The van der Waals surface area contributed by atoms with Gasteiger partial charge in [0.1, 0.15) is 0 Å². The standard InChI is InChI=1S/C17H32N4O3/c1-2-21(11-14-6-10-24-13-14)17(23)19-7-4-9-20-8-3-5-15(12-20)16(18)22/h14-15H,2-13H2,1H3,(H2,18,22)(H,19,23)/t14-,15+/m1/s1. The average molecular weight is 340 g/mol. The zero-order valence-electron chi connectivity index (χ0n) is 14.8. The van der Waals surface area contributed by atoms with E-state index >= 15 is 0 Å². The van der Waals surface area contributed by atoms with Gasteiger partial charge in [-0.3, -0.25) is 4.79 Å². The predicted octanol–water partition coefficient (Wildman–Crippen LogP) is 0.642. The summed E-state index contributed by atoms with van der Waals surface area (Å²) in [6.07, 6.45) is 3.85. The third-order valence-corrected chi connectivity index (χ3v) is 5.01. The smallest absolute Gasteiger partial charge is 0.317 e. The van der Waals surface area contributed by atoms with Gasteiger partial charge in [-0.25, -0.2) is 4.79 Å². The van der Waals surface area contributed by atoms with Gasteiger partial charge in [-0.05, 0) is 45.7 Å². The molecule has 24 heavy (non-hydrogen) atoms. The van der Waals surface area contributed by atoms with Crippen LogP contribution in [-0.2, 0) is 9.53 Å². The first-order chi connectivity index (χ1) is 11.6. The normalized spacial score (nSPS) is 24.7. The van der Waals surface area contributed by atoms with Crippen molar-refractivity contribution in [2.24, 2.45) is 17.6 Å². The van der Waals surface area contributed by atoms with E-state index < -0.39 is 0 Å². The summed E-state index contributed by atoms with van der Waals surface area (Å²) in [4.78, 5) is 27.7. The number of urea groups is 1. The summed E-state index contributed by atoms with van der Waals surface area (Å²) >= 11 is 0. The zero-order chi connectivity index (χ0) is 17.4. The average Bonchev–Trinajstić information content (AvgIpc) is 3.09. The molecule has 2 atom stereocenters. The summed E-state index contributed by atoms with van der Waals surface area (Å²) in [5.41, 5.74) is 5.40. The summed E-state index contributed by atoms with van der Waals surface area (Å²) in [6, 6.07) is 0.0121. The van der Waals surface area contributed by atoms with Crippen LogP contribution in [-0.4, -0.2) is 74.2 Å². The number of carbonyl (C=O) groups is 2. The van der Waals surface area contributed by atoms with Crippen molar-refractivity contribution in [3.8, 4) is 0 Å². The van der Waals surface area contributed by atoms with Crippen LogP contribution in [0.4, 0.5) is 4.79 Å². The Hall–Kier alpha value is -1.34. The van der Waals surface area contributed by atoms with E-state index in [0.717, 1.165) is 71.6 Å². The van der Waals surface area contributed by atoms with Gasteiger partial charge in [-0.15, -0.1) is 0 Å². The second kappa shape index (κ2) is 9.84. The Morgan fingerprint density at radius 1 is 1.38 bits per heavy atom. The van der Waals surface area contributed by atoms with Crippen LogP contribution in [0.15, 0.2) is 0 Å². The number of likely N-dealkylation sites (tertiary alicyclic amines) is 1. The Balaban J connectivity index is 1.61. The van der Waals surface area contributed by atoms with Crippen molar-refractivity contribution in [2.45, 2.75) is 32.6 Å². The van der Waals surface area contributed by atoms with E-state index in [2.05, 4.69) is 10.2 Å². The molecule has 2 rings (SSSR count). The molecule has 2 heterocycles. The van der Waals surface area contributed by atoms with Gasteiger partial charge >= 0.3 is 6.03 Å². The van der Waals surface area contributed by atoms with Gasteiger partial charge in [0.2, 0.25) is 5.91 Å². The molecule has 138 valence electrons. The summed E-state index contributed by atoms with van der Waals surface area (Å²) < 4.78 is 5.38. The number of hydrogen-bond donors (Lipinski definition) is 2. The lowest BCUT2D eigenvalue weighted by molar-refractivity contribution is -0.123. The third-order valence-electron chi connectivity index (χ3n) is 5.01. The van der Waals surface area contributed by atoms with Crippen LogP contribution in [0.1, 0.15) is 32.6 Å². The van der Waals surface area contributed by atoms with Crippen LogP contribution < -0.4 is 11.1 Å². The Morgan fingerprint density at radius 3 is 2.88 bits per heavy atom. The van der Waals surface area contributed by atoms with Crippen molar-refractivity contribution in [1.29, 1.82) is 0 Å². The molecular weight excluding hydrogens is 308 g/mol. The molecule has 0 saturated carbocycles. The van der Waals surface area contributed by atoms with E-state index in [-0.39, 0.29) is 17.9 Å². The number of ether oxygens (including phenoxy) is 1. The number of nitrogens with two attached hydrogens (primary N) is 1. The lowest BCUT2D eigenvalue weighted by atomic mass is 9.97. The second-order valence-corrected chi connectivity index (χ2v) is 6.90. The molecule has 3 amide bonds. The van der Waals surface area contributed by atoms with Crippen LogP contribution in [0.25, 0.3) is 0 Å². The number of nitrogens with zero attached hydrogens (tertiary/aromatic N) is 2. The SMILES string of the molecule is CCN(C[C@H]1CCOC1)C(=O)NCCCN1CCC[C@H](C(N)=O)C1. The second-order valence-electron chi connectivity index (χ2n) is 6.90. The summed E-state index contributed by atoms with van der Waals surface area (Å²) in [7, 11) is 0. The van der Waals surface area contributed by atoms with Crippen molar-refractivity contribution in [3.05, 3.63) is 0 Å². The minimum atomic E-state index is -0.192. The number of amides is 3. The molecule has 0 aromatic heterocycles. The summed E-state index contributed by atoms with van der Waals surface area (Å²) in [6.45, 7) is 8.40. The molecule has 0 aliphatic carbocycles. The fourth-order valence-electron chi connectivity index (χ4n) is 3.50. The van der Waals surface area contributed by atoms with Gasteiger partial charge in [-0.2, -0.15) is 0 Å². The molecule has 7 nitrogen and oxygen atoms in total. The van der Waals surface area contributed by atoms with Crippen molar-refractivity contribution in [2.75, 3.05) is 52.5 Å². The Morgan fingerprint density at radius 2 is 2.21 bits per heavy atom. The summed E-state index contributed by atoms with van der Waals surface area (Å²) in [5, 5.41) is 3.01. The molecule has 0 bridgehead atoms. The zero-order valence-corrected chi connectivity index (χ0v) is 14.8. The van der Waals surface area contributed by atoms with Gasteiger partial charge < -0.3 is 25.6 Å². The lowest BCUT2D eigenvalue weighted by Gasteiger charge is -2.31. The van der Waals surface area contributed by atoms with Gasteiger partial charge in [0.15, 0.2) is 0 Å². The number of nitrogens with one attached hydrogen (secondary N) is 1. The molecule has 3 N–H and O–H groups in total. The predicted molar refractivity (Wildman–Crippen MR) is 92.5 cm³/mol. The van der Waals surface area contributed by atoms with Gasteiger partial charge in [0.25, 0.3) is 0 Å². The van der Waals surface area contributed by atoms with Gasteiger partial charge in [0.05, 0.1) is 12.5 Å². The van der Waals surface area contributed by atoms with Crippen molar-refractivity contribution in [1.82, 2.24) is 15.1 Å². The first-order valence-corrected chi connectivity index (χ1v) is 9.22. The minimum Gasteiger partial charge on any atom is -0.381 e. The molecule has 0 spiro atoms. The largest absolute Gasteiger partial charge is 0.381 e. The van der Waals surface area contributed by atoms with Crippen LogP contribution in [0, 0.1) is 11.8 Å². The fraction of sp³-hybridized carbons (Fsp3) is 0.882. The highest BCUT2D eigenvalue weighted by Gasteiger charge is 2.24. The van der Waals surface area contributed by atoms with Gasteiger partial charge in [0, 0.05) is 38.7 Å². The highest BCUT2D eigenvalue weighted by atomic mass is 16.5. The molecule has 0 radical (unpaired) electrons. The molecule has 0 aromatic carbocycles. The lowest BCUT2D eigenvalue weighted by Crippen LogP contribution is -2.44. The molecule has 2 aliphatic heterocycles. The van der Waals surface area contributed by atoms with Gasteiger partial charge in [-0.1, -0.05) is 0 Å². The molecule has 0 aromatic rings. The maximum absolute atomic E-state index is 12.3. The molecular formula is C17H32N4O3. The Bertz CT molecular complexity index is 413. The van der Waals surface area contributed by atoms with E-state index in [0.29, 0.717) is 12.5 Å². The van der Waals surface area contributed by atoms with E-state index in [1.165, 1.54) is 0 Å². The number of hydrogen-bond acceptors (Lipinski definition) is 4. The monoisotopic (exact) mass is 340 g/mol. The van der Waals surface area contributed by atoms with Crippen LogP contribution >= 0.6 is 0 Å². The van der Waals surface area contributed by atoms with Crippen LogP contribution in [0.2, 0.25) is 0 Å². The van der Waals surface area contributed by atoms with E-state index in [1.807, 2.05) is 11.8 Å². The third kappa shape index (κ3) is 5.94. The maximum atomic E-state index is 12.3. The number of rotatable bonds is 8. The first-order valence-electron chi connectivity index (χ1n) is 9.22. The first kappa shape index (κ1) is 19.0. The van der Waals surface area contributed by atoms with Crippen LogP contribution in [0.3, 0.4) is 0 Å². The highest BCUT2D eigenvalue weighted by molar-refractivity contribution is 5.77.